The second-order valence-corrected chi connectivity index (χ2v) is 12.9. The minimum atomic E-state index is -1.20. The fraction of sp³-hybridized carbons (Fsp3) is 0.250. The topological polar surface area (TPSA) is 12.0 Å². The maximum absolute atomic E-state index is 12.5. The molecule has 1 aliphatic heterocycles. The van der Waals surface area contributed by atoms with Crippen LogP contribution in [0.5, 0.6) is 0 Å². The summed E-state index contributed by atoms with van der Waals surface area (Å²) < 4.78 is 12.5. The molecule has 40 radical (unpaired) electrons. The SMILES string of the molecule is Fc1ccc2c(c1)CNC2.[B]B([B])B(B([B])[B])B(B(B([B])[B])B([B])[B])B(B(B([B])[B])B([B])[B])B(B(B([B])[B])B([B])[B])B(B([B])[B])B([B])[B]. The van der Waals surface area contributed by atoms with Crippen LogP contribution >= 0.6 is 0 Å². The molecule has 1 N–H and O–H groups in total. The Morgan fingerprint density at radius 2 is 0.583 bits per heavy atom. The molecule has 0 aliphatic carbocycles. The Morgan fingerprint density at radius 3 is 0.833 bits per heavy atom. The standard InChI is InChI=1S/C8H8FN.B38/c9-8-2-1-6-4-10-5-7(6)3-8;1-21(2)31(22(3)4)36(32(23(5)6)24(7)8)38(35(29(17)18)30(19)20)37(33(25(9)10)26(11)12)34(27(13)14)28(15)16/h1-3,10H,4-5H2;. The summed E-state index contributed by atoms with van der Waals surface area (Å²) in [5.74, 6) is -0.137. The van der Waals surface area contributed by atoms with Gasteiger partial charge in [-0.15, -0.1) is 0 Å². The van der Waals surface area contributed by atoms with Gasteiger partial charge in [0.1, 0.15) is 5.82 Å². The van der Waals surface area contributed by atoms with E-state index in [4.69, 9.17) is 155 Å². The van der Waals surface area contributed by atoms with Gasteiger partial charge in [0.05, 0.1) is 0 Å². The van der Waals surface area contributed by atoms with E-state index < -0.39 is 115 Å². The summed E-state index contributed by atoms with van der Waals surface area (Å²) in [5.41, 5.74) is 2.32. The number of nitrogens with one attached hydrogen (secondary N) is 1. The van der Waals surface area contributed by atoms with E-state index >= 15 is 0 Å². The second-order valence-electron chi connectivity index (χ2n) is 12.9. The summed E-state index contributed by atoms with van der Waals surface area (Å²) in [5, 5.41) is 3.15. The zero-order valence-electron chi connectivity index (χ0n) is 27.5. The van der Waals surface area contributed by atoms with Crippen LogP contribution in [0.15, 0.2) is 18.2 Å². The first-order valence-corrected chi connectivity index (χ1v) is 15.7. The maximum Gasteiger partial charge on any atom is 0.123 e. The monoisotopic (exact) mass is 555 g/mol. The molecule has 0 fully saturated rings. The van der Waals surface area contributed by atoms with E-state index in [1.807, 2.05) is 6.07 Å². The van der Waals surface area contributed by atoms with E-state index in [0.717, 1.165) is 18.7 Å². The van der Waals surface area contributed by atoms with Crippen molar-refractivity contribution < 1.29 is 4.39 Å². The summed E-state index contributed by atoms with van der Waals surface area (Å²) in [6, 6.07) is 4.94. The molecule has 1 aromatic rings. The van der Waals surface area contributed by atoms with E-state index in [-0.39, 0.29) is 5.82 Å². The predicted molar refractivity (Wildman–Crippen MR) is 256 cm³/mol. The maximum atomic E-state index is 12.5. The fourth-order valence-corrected chi connectivity index (χ4v) is 7.42. The summed E-state index contributed by atoms with van der Waals surface area (Å²) in [7, 11) is 124. The van der Waals surface area contributed by atoms with Crippen LogP contribution in [-0.2, 0) is 13.1 Å². The lowest BCUT2D eigenvalue weighted by atomic mass is 8.28. The molecule has 0 atom stereocenters. The fourth-order valence-electron chi connectivity index (χ4n) is 7.42. The average Bonchev–Trinajstić information content (AvgIpc) is 3.37. The smallest absolute Gasteiger partial charge is 0.123 e. The van der Waals surface area contributed by atoms with Crippen molar-refractivity contribution in [3.05, 3.63) is 35.1 Å². The van der Waals surface area contributed by atoms with Crippen molar-refractivity contribution in [2.45, 2.75) is 13.1 Å². The van der Waals surface area contributed by atoms with Crippen molar-refractivity contribution in [3.63, 3.8) is 0 Å². The third-order valence-electron chi connectivity index (χ3n) is 9.35. The van der Waals surface area contributed by atoms with Gasteiger partial charge in [-0.05, 0) is 23.3 Å². The molecule has 2 rings (SSSR count). The van der Waals surface area contributed by atoms with Crippen molar-refractivity contribution in [2.24, 2.45) is 0 Å². The molecule has 1 heterocycles. The molecule has 0 aromatic heterocycles. The van der Waals surface area contributed by atoms with Gasteiger partial charge >= 0.3 is 0 Å². The highest BCUT2D eigenvalue weighted by Gasteiger charge is 2.56. The predicted octanol–water partition coefficient (Wildman–Crippen LogP) is -13.0. The van der Waals surface area contributed by atoms with Crippen molar-refractivity contribution in [3.8, 4) is 0 Å². The van der Waals surface area contributed by atoms with Gasteiger partial charge in [-0.1, -0.05) is 6.07 Å². The largest absolute Gasteiger partial charge is 0.309 e. The molecule has 0 unspecified atom stereocenters. The summed E-state index contributed by atoms with van der Waals surface area (Å²) in [6.07, 6.45) is -20.0. The van der Waals surface area contributed by atoms with E-state index in [2.05, 4.69) is 5.32 Å². The van der Waals surface area contributed by atoms with Crippen LogP contribution in [0.4, 0.5) is 4.39 Å². The average molecular weight is 548 g/mol. The molecule has 0 spiro atoms. The van der Waals surface area contributed by atoms with Crippen LogP contribution in [0, 0.1) is 5.82 Å². The first-order valence-electron chi connectivity index (χ1n) is 15.7. The molecule has 1 aliphatic rings. The molecule has 166 valence electrons. The van der Waals surface area contributed by atoms with Crippen LogP contribution in [0.3, 0.4) is 0 Å². The summed E-state index contributed by atoms with van der Waals surface area (Å²) in [4.78, 5) is 0. The minimum Gasteiger partial charge on any atom is -0.309 e. The molecule has 0 saturated heterocycles. The van der Waals surface area contributed by atoms with E-state index in [0.29, 0.717) is 0 Å². The lowest BCUT2D eigenvalue weighted by molar-refractivity contribution is 0.625. The van der Waals surface area contributed by atoms with E-state index in [9.17, 15) is 4.39 Å². The highest BCUT2D eigenvalue weighted by Crippen LogP contribution is 2.18. The molecule has 1 aromatic carbocycles. The number of benzene rings is 1. The Labute approximate surface area is 325 Å². The number of hydrogen-bond donors (Lipinski definition) is 1. The van der Waals surface area contributed by atoms with Gasteiger partial charge < -0.3 is 5.32 Å². The lowest BCUT2D eigenvalue weighted by Gasteiger charge is -2.53. The molecule has 0 bridgehead atoms. The van der Waals surface area contributed by atoms with E-state index in [1.165, 1.54) is 11.6 Å². The Morgan fingerprint density at radius 1 is 0.354 bits per heavy atom. The molecular formula is C8H8B38FN. The van der Waals surface area contributed by atoms with Crippen molar-refractivity contribution >= 4 is 270 Å². The van der Waals surface area contributed by atoms with Crippen LogP contribution in [0.1, 0.15) is 11.1 Å². The van der Waals surface area contributed by atoms with Gasteiger partial charge in [0.2, 0.25) is 0 Å². The zero-order valence-corrected chi connectivity index (χ0v) is 27.5. The number of halogens is 1. The Hall–Kier alpha value is 1.58. The van der Waals surface area contributed by atoms with Gasteiger partial charge in [-0.3, -0.25) is 0 Å². The highest BCUT2D eigenvalue weighted by molar-refractivity contribution is 8.31. The minimum absolute atomic E-state index is 0.137. The zero-order chi connectivity index (χ0) is 37.4. The molecular weight excluding hydrogens is 540 g/mol. The van der Waals surface area contributed by atoms with E-state index in [1.54, 1.807) is 6.07 Å². The first kappa shape index (κ1) is 47.6. The number of hydrogen-bond acceptors (Lipinski definition) is 1. The van der Waals surface area contributed by atoms with Gasteiger partial charge in [0.25, 0.3) is 0 Å². The number of fused-ring (bicyclic) bond motifs is 1. The summed E-state index contributed by atoms with van der Waals surface area (Å²) in [6.45, 7) is 1.70. The molecule has 0 amide bonds. The Kier molecular flexibility index (Phi) is 21.9. The molecule has 1 nitrogen and oxygen atoms in total. The van der Waals surface area contributed by atoms with Crippen LogP contribution in [-0.4, -0.2) is 270 Å². The third-order valence-corrected chi connectivity index (χ3v) is 9.35. The van der Waals surface area contributed by atoms with Crippen LogP contribution in [0.2, 0.25) is 0 Å². The summed E-state index contributed by atoms with van der Waals surface area (Å²) >= 11 is 0. The van der Waals surface area contributed by atoms with Crippen molar-refractivity contribution in [1.82, 2.24) is 5.32 Å². The Balaban J connectivity index is 0.000000957. The normalized spacial score (nSPS) is 10.8. The Bertz CT molecular complexity index is 922. The molecule has 48 heavy (non-hydrogen) atoms. The molecule has 0 saturated carbocycles. The second kappa shape index (κ2) is 22.1. The van der Waals surface area contributed by atoms with Crippen molar-refractivity contribution in [1.29, 1.82) is 0 Å². The van der Waals surface area contributed by atoms with Crippen LogP contribution < -0.4 is 5.32 Å². The number of rotatable bonds is 17. The third kappa shape index (κ3) is 13.2. The lowest BCUT2D eigenvalue weighted by Crippen LogP contribution is -2.92. The van der Waals surface area contributed by atoms with Crippen molar-refractivity contribution in [2.75, 3.05) is 0 Å². The van der Waals surface area contributed by atoms with Crippen LogP contribution in [0.25, 0.3) is 0 Å². The van der Waals surface area contributed by atoms with Gasteiger partial charge in [-0.2, -0.15) is 0 Å². The highest BCUT2D eigenvalue weighted by atomic mass is 19.1. The van der Waals surface area contributed by atoms with Gasteiger partial charge in [0.15, 0.2) is 0 Å². The first-order chi connectivity index (χ1) is 22.1. The van der Waals surface area contributed by atoms with Gasteiger partial charge in [-0.25, -0.2) is 4.39 Å². The quantitative estimate of drug-likeness (QED) is 0.191. The molecule has 40 heteroatoms. The van der Waals surface area contributed by atoms with Gasteiger partial charge in [0, 0.05) is 283 Å².